The minimum atomic E-state index is -0.464. The van der Waals surface area contributed by atoms with Crippen LogP contribution >= 0.6 is 11.6 Å². The molecule has 0 bridgehead atoms. The minimum absolute atomic E-state index is 0.112. The Morgan fingerprint density at radius 3 is 2.32 bits per heavy atom. The molecule has 0 spiro atoms. The maximum Gasteiger partial charge on any atom is 0.344 e. The molecule has 0 aliphatic rings. The summed E-state index contributed by atoms with van der Waals surface area (Å²) < 4.78 is 16.1. The summed E-state index contributed by atoms with van der Waals surface area (Å²) in [4.78, 5) is 25.0. The quantitative estimate of drug-likeness (QED) is 0.233. The molecule has 3 aromatic carbocycles. The Balaban J connectivity index is 1.59. The Morgan fingerprint density at radius 1 is 0.968 bits per heavy atom. The van der Waals surface area contributed by atoms with Crippen molar-refractivity contribution in [1.29, 1.82) is 0 Å². The summed E-state index contributed by atoms with van der Waals surface area (Å²) in [5.74, 6) is 0.615. The van der Waals surface area contributed by atoms with Crippen LogP contribution in [0.1, 0.15) is 11.1 Å². The zero-order valence-electron chi connectivity index (χ0n) is 17.0. The fraction of sp³-hybridized carbons (Fsp3) is 0.120. The molecule has 6 heteroatoms. The zero-order chi connectivity index (χ0) is 22.0. The number of fused-ring (bicyclic) bond motifs is 1. The molecule has 0 saturated carbocycles. The largest absolute Gasteiger partial charge is 0.497 e. The van der Waals surface area contributed by atoms with Gasteiger partial charge in [0.25, 0.3) is 0 Å². The molecule has 156 valence electrons. The maximum absolute atomic E-state index is 12.6. The van der Waals surface area contributed by atoms with Crippen LogP contribution in [0.4, 0.5) is 0 Å². The van der Waals surface area contributed by atoms with Crippen LogP contribution in [0.15, 0.2) is 75.9 Å². The van der Waals surface area contributed by atoms with E-state index in [0.717, 1.165) is 27.8 Å². The molecule has 5 nitrogen and oxygen atoms in total. The predicted octanol–water partition coefficient (Wildman–Crippen LogP) is 5.58. The van der Waals surface area contributed by atoms with Crippen molar-refractivity contribution >= 4 is 28.5 Å². The van der Waals surface area contributed by atoms with Crippen LogP contribution in [0.5, 0.6) is 11.5 Å². The number of esters is 1. The van der Waals surface area contributed by atoms with Crippen LogP contribution in [-0.2, 0) is 11.2 Å². The standard InChI is InChI=1S/C25H19ClO5/c1-15-21-12-11-20(30-23(27)13-16-3-9-19(29-2)10-4-16)14-22(21)31-25(28)24(15)17-5-7-18(26)8-6-17/h3-12,14H,13H2,1-2H3. The van der Waals surface area contributed by atoms with Crippen molar-refractivity contribution in [3.63, 3.8) is 0 Å². The van der Waals surface area contributed by atoms with Crippen molar-refractivity contribution in [2.24, 2.45) is 0 Å². The highest BCUT2D eigenvalue weighted by Crippen LogP contribution is 2.29. The Bertz CT molecular complexity index is 1310. The number of ether oxygens (including phenoxy) is 2. The van der Waals surface area contributed by atoms with E-state index in [4.69, 9.17) is 25.5 Å². The van der Waals surface area contributed by atoms with Gasteiger partial charge < -0.3 is 13.9 Å². The van der Waals surface area contributed by atoms with Crippen LogP contribution in [-0.4, -0.2) is 13.1 Å². The molecule has 0 aliphatic carbocycles. The number of halogens is 1. The van der Waals surface area contributed by atoms with Gasteiger partial charge in [0, 0.05) is 16.5 Å². The van der Waals surface area contributed by atoms with E-state index >= 15 is 0 Å². The SMILES string of the molecule is COc1ccc(CC(=O)Oc2ccc3c(C)c(-c4ccc(Cl)cc4)c(=O)oc3c2)cc1. The molecule has 4 aromatic rings. The van der Waals surface area contributed by atoms with Gasteiger partial charge in [-0.25, -0.2) is 4.79 Å². The lowest BCUT2D eigenvalue weighted by Gasteiger charge is -2.10. The van der Waals surface area contributed by atoms with E-state index in [-0.39, 0.29) is 6.42 Å². The van der Waals surface area contributed by atoms with Gasteiger partial charge in [-0.1, -0.05) is 35.9 Å². The lowest BCUT2D eigenvalue weighted by molar-refractivity contribution is -0.133. The summed E-state index contributed by atoms with van der Waals surface area (Å²) in [5, 5.41) is 1.35. The van der Waals surface area contributed by atoms with Crippen molar-refractivity contribution in [2.75, 3.05) is 7.11 Å². The van der Waals surface area contributed by atoms with Crippen LogP contribution in [0, 0.1) is 6.92 Å². The highest BCUT2D eigenvalue weighted by molar-refractivity contribution is 6.30. The highest BCUT2D eigenvalue weighted by Gasteiger charge is 2.15. The van der Waals surface area contributed by atoms with Gasteiger partial charge in [0.15, 0.2) is 0 Å². The molecule has 0 aliphatic heterocycles. The predicted molar refractivity (Wildman–Crippen MR) is 120 cm³/mol. The molecule has 0 atom stereocenters. The lowest BCUT2D eigenvalue weighted by Crippen LogP contribution is -2.11. The Kier molecular flexibility index (Phi) is 5.78. The second-order valence-electron chi connectivity index (χ2n) is 7.05. The summed E-state index contributed by atoms with van der Waals surface area (Å²) in [6, 6.07) is 19.2. The third kappa shape index (κ3) is 4.47. The van der Waals surface area contributed by atoms with Gasteiger partial charge in [-0.15, -0.1) is 0 Å². The normalized spacial score (nSPS) is 10.8. The molecule has 0 radical (unpaired) electrons. The van der Waals surface area contributed by atoms with Gasteiger partial charge in [0.1, 0.15) is 17.1 Å². The van der Waals surface area contributed by atoms with E-state index in [1.54, 1.807) is 73.8 Å². The summed E-state index contributed by atoms with van der Waals surface area (Å²) in [6.45, 7) is 1.86. The van der Waals surface area contributed by atoms with Crippen molar-refractivity contribution in [2.45, 2.75) is 13.3 Å². The van der Waals surface area contributed by atoms with Crippen molar-refractivity contribution < 1.29 is 18.7 Å². The lowest BCUT2D eigenvalue weighted by atomic mass is 10.00. The molecule has 31 heavy (non-hydrogen) atoms. The van der Waals surface area contributed by atoms with Gasteiger partial charge in [0.05, 0.1) is 19.1 Å². The number of aryl methyl sites for hydroxylation is 1. The van der Waals surface area contributed by atoms with Gasteiger partial charge in [-0.05, 0) is 60.0 Å². The number of carbonyl (C=O) groups is 1. The average molecular weight is 435 g/mol. The smallest absolute Gasteiger partial charge is 0.344 e. The van der Waals surface area contributed by atoms with Gasteiger partial charge in [-0.3, -0.25) is 4.79 Å². The monoisotopic (exact) mass is 434 g/mol. The highest BCUT2D eigenvalue weighted by atomic mass is 35.5. The van der Waals surface area contributed by atoms with E-state index in [0.29, 0.717) is 21.9 Å². The van der Waals surface area contributed by atoms with Gasteiger partial charge in [-0.2, -0.15) is 0 Å². The van der Waals surface area contributed by atoms with E-state index < -0.39 is 11.6 Å². The molecule has 1 aromatic heterocycles. The number of rotatable bonds is 5. The van der Waals surface area contributed by atoms with Crippen LogP contribution in [0.25, 0.3) is 22.1 Å². The first-order valence-corrected chi connectivity index (χ1v) is 9.99. The number of methoxy groups -OCH3 is 1. The first-order chi connectivity index (χ1) is 14.9. The molecular formula is C25H19ClO5. The zero-order valence-corrected chi connectivity index (χ0v) is 17.7. The average Bonchev–Trinajstić information content (AvgIpc) is 2.75. The minimum Gasteiger partial charge on any atom is -0.497 e. The number of carbonyl (C=O) groups excluding carboxylic acids is 1. The van der Waals surface area contributed by atoms with E-state index in [9.17, 15) is 9.59 Å². The first kappa shape index (κ1) is 20.7. The first-order valence-electron chi connectivity index (χ1n) is 9.61. The summed E-state index contributed by atoms with van der Waals surface area (Å²) in [6.07, 6.45) is 0.112. The van der Waals surface area contributed by atoms with E-state index in [1.807, 2.05) is 6.92 Å². The fourth-order valence-corrected chi connectivity index (χ4v) is 3.55. The summed E-state index contributed by atoms with van der Waals surface area (Å²) in [7, 11) is 1.58. The van der Waals surface area contributed by atoms with Crippen LogP contribution in [0.2, 0.25) is 5.02 Å². The summed E-state index contributed by atoms with van der Waals surface area (Å²) >= 11 is 5.95. The Hall–Kier alpha value is -3.57. The van der Waals surface area contributed by atoms with E-state index in [1.165, 1.54) is 0 Å². The van der Waals surface area contributed by atoms with Crippen molar-refractivity contribution in [3.8, 4) is 22.6 Å². The second-order valence-corrected chi connectivity index (χ2v) is 7.49. The summed E-state index contributed by atoms with van der Waals surface area (Å²) in [5.41, 5.74) is 2.69. The van der Waals surface area contributed by atoms with E-state index in [2.05, 4.69) is 0 Å². The molecule has 0 saturated heterocycles. The number of hydrogen-bond donors (Lipinski definition) is 0. The molecule has 4 rings (SSSR count). The molecule has 0 unspecified atom stereocenters. The Labute approximate surface area is 183 Å². The molecule has 0 amide bonds. The van der Waals surface area contributed by atoms with Gasteiger partial charge >= 0.3 is 11.6 Å². The van der Waals surface area contributed by atoms with Crippen molar-refractivity contribution in [3.05, 3.63) is 93.3 Å². The fourth-order valence-electron chi connectivity index (χ4n) is 3.43. The third-order valence-corrected chi connectivity index (χ3v) is 5.26. The number of benzene rings is 3. The maximum atomic E-state index is 12.6. The number of hydrogen-bond acceptors (Lipinski definition) is 5. The molecule has 0 fully saturated rings. The third-order valence-electron chi connectivity index (χ3n) is 5.01. The van der Waals surface area contributed by atoms with Gasteiger partial charge in [0.2, 0.25) is 0 Å². The molecule has 1 heterocycles. The molecule has 0 N–H and O–H groups in total. The van der Waals surface area contributed by atoms with Crippen LogP contribution in [0.3, 0.4) is 0 Å². The second kappa shape index (κ2) is 8.66. The molecular weight excluding hydrogens is 416 g/mol. The Morgan fingerprint density at radius 2 is 1.65 bits per heavy atom. The topological polar surface area (TPSA) is 65.7 Å². The van der Waals surface area contributed by atoms with Crippen molar-refractivity contribution in [1.82, 2.24) is 0 Å². The van der Waals surface area contributed by atoms with Crippen LogP contribution < -0.4 is 15.1 Å².